The largest absolute Gasteiger partial charge is 0.507 e. The summed E-state index contributed by atoms with van der Waals surface area (Å²) >= 11 is 7.25. The number of hydrogen-bond donors (Lipinski definition) is 1. The average molecular weight is 550 g/mol. The van der Waals surface area contributed by atoms with Crippen LogP contribution in [0, 0.1) is 10.1 Å². The number of ether oxygens (including phenoxy) is 2. The van der Waals surface area contributed by atoms with Crippen molar-refractivity contribution in [2.45, 2.75) is 6.04 Å². The molecule has 0 unspecified atom stereocenters. The first-order valence-electron chi connectivity index (χ1n) is 11.3. The number of aromatic nitrogens is 1. The number of aliphatic hydroxyl groups excluding tert-OH is 1. The Balaban J connectivity index is 1.56. The van der Waals surface area contributed by atoms with E-state index in [4.69, 9.17) is 21.1 Å². The van der Waals surface area contributed by atoms with Crippen LogP contribution in [0.3, 0.4) is 0 Å². The third kappa shape index (κ3) is 3.92. The van der Waals surface area contributed by atoms with Gasteiger partial charge in [-0.1, -0.05) is 35.1 Å². The van der Waals surface area contributed by atoms with Crippen LogP contribution in [0.4, 0.5) is 10.8 Å². The molecule has 0 spiro atoms. The number of carbonyl (C=O) groups excluding carboxylic acids is 2. The number of thiazole rings is 1. The molecule has 6 rings (SSSR count). The number of ketones is 1. The van der Waals surface area contributed by atoms with Crippen molar-refractivity contribution < 1.29 is 29.1 Å². The topological polar surface area (TPSA) is 132 Å². The molecule has 1 fully saturated rings. The minimum Gasteiger partial charge on any atom is -0.507 e. The molecular weight excluding hydrogens is 534 g/mol. The first-order chi connectivity index (χ1) is 18.3. The fraction of sp³-hybridized carbons (Fsp3) is 0.115. The molecule has 190 valence electrons. The Hall–Kier alpha value is -4.48. The predicted octanol–water partition coefficient (Wildman–Crippen LogP) is 5.26. The maximum absolute atomic E-state index is 13.4. The summed E-state index contributed by atoms with van der Waals surface area (Å²) in [6.45, 7) is 0.695. The summed E-state index contributed by atoms with van der Waals surface area (Å²) in [7, 11) is 0. The smallest absolute Gasteiger partial charge is 0.301 e. The van der Waals surface area contributed by atoms with Crippen molar-refractivity contribution in [3.63, 3.8) is 0 Å². The van der Waals surface area contributed by atoms with Crippen LogP contribution in [-0.2, 0) is 9.59 Å². The summed E-state index contributed by atoms with van der Waals surface area (Å²) < 4.78 is 11.8. The van der Waals surface area contributed by atoms with Gasteiger partial charge in [-0.25, -0.2) is 4.98 Å². The van der Waals surface area contributed by atoms with Crippen LogP contribution in [-0.4, -0.2) is 39.9 Å². The molecule has 3 aromatic carbocycles. The summed E-state index contributed by atoms with van der Waals surface area (Å²) in [5, 5.41) is 23.6. The Bertz CT molecular complexity index is 1700. The molecule has 0 radical (unpaired) electrons. The van der Waals surface area contributed by atoms with Crippen molar-refractivity contribution in [1.29, 1.82) is 0 Å². The highest BCUT2D eigenvalue weighted by atomic mass is 35.5. The molecule has 2 aliphatic heterocycles. The van der Waals surface area contributed by atoms with Gasteiger partial charge in [0.25, 0.3) is 11.5 Å². The van der Waals surface area contributed by atoms with E-state index in [2.05, 4.69) is 4.98 Å². The molecule has 2 aliphatic rings. The summed E-state index contributed by atoms with van der Waals surface area (Å²) in [5.74, 6) is -1.47. The molecular formula is C26H16ClN3O7S. The van der Waals surface area contributed by atoms with Gasteiger partial charge in [0.1, 0.15) is 19.0 Å². The van der Waals surface area contributed by atoms with E-state index in [1.54, 1.807) is 36.4 Å². The van der Waals surface area contributed by atoms with Gasteiger partial charge in [-0.15, -0.1) is 0 Å². The second-order valence-electron chi connectivity index (χ2n) is 8.49. The predicted molar refractivity (Wildman–Crippen MR) is 140 cm³/mol. The Morgan fingerprint density at radius 3 is 2.66 bits per heavy atom. The van der Waals surface area contributed by atoms with E-state index in [1.807, 2.05) is 0 Å². The summed E-state index contributed by atoms with van der Waals surface area (Å²) in [4.78, 5) is 43.5. The number of Topliss-reactive ketones (excluding diaryl/α,β-unsaturated/α-hetero) is 1. The molecule has 1 saturated heterocycles. The second-order valence-corrected chi connectivity index (χ2v) is 9.93. The second kappa shape index (κ2) is 9.12. The van der Waals surface area contributed by atoms with Crippen LogP contribution in [0.2, 0.25) is 5.02 Å². The first-order valence-corrected chi connectivity index (χ1v) is 12.5. The van der Waals surface area contributed by atoms with E-state index in [0.29, 0.717) is 40.0 Å². The Kier molecular flexibility index (Phi) is 5.73. The highest BCUT2D eigenvalue weighted by Crippen LogP contribution is 2.45. The van der Waals surface area contributed by atoms with Crippen molar-refractivity contribution >= 4 is 61.4 Å². The van der Waals surface area contributed by atoms with Gasteiger partial charge in [0.2, 0.25) is 0 Å². The fourth-order valence-electron chi connectivity index (χ4n) is 4.49. The molecule has 12 heteroatoms. The number of nitro groups is 1. The van der Waals surface area contributed by atoms with E-state index in [1.165, 1.54) is 24.3 Å². The molecule has 10 nitrogen and oxygen atoms in total. The van der Waals surface area contributed by atoms with Crippen LogP contribution in [0.5, 0.6) is 11.5 Å². The van der Waals surface area contributed by atoms with Gasteiger partial charge in [0.15, 0.2) is 16.6 Å². The number of rotatable bonds is 4. The van der Waals surface area contributed by atoms with Gasteiger partial charge in [-0.05, 0) is 42.0 Å². The highest BCUT2D eigenvalue weighted by Gasteiger charge is 2.48. The molecule has 1 amide bonds. The van der Waals surface area contributed by atoms with Gasteiger partial charge < -0.3 is 14.6 Å². The maximum Gasteiger partial charge on any atom is 0.301 e. The Morgan fingerprint density at radius 1 is 1.08 bits per heavy atom. The summed E-state index contributed by atoms with van der Waals surface area (Å²) in [6, 6.07) is 14.1. The third-order valence-electron chi connectivity index (χ3n) is 6.20. The molecule has 38 heavy (non-hydrogen) atoms. The van der Waals surface area contributed by atoms with E-state index in [-0.39, 0.29) is 27.5 Å². The lowest BCUT2D eigenvalue weighted by atomic mass is 9.95. The van der Waals surface area contributed by atoms with Gasteiger partial charge in [-0.2, -0.15) is 0 Å². The van der Waals surface area contributed by atoms with Crippen LogP contribution < -0.4 is 14.4 Å². The number of amides is 1. The quantitative estimate of drug-likeness (QED) is 0.120. The Morgan fingerprint density at radius 2 is 1.87 bits per heavy atom. The molecule has 0 saturated carbocycles. The van der Waals surface area contributed by atoms with E-state index in [9.17, 15) is 24.8 Å². The zero-order chi connectivity index (χ0) is 26.6. The molecule has 4 aromatic rings. The number of carbonyl (C=O) groups is 2. The number of anilines is 1. The van der Waals surface area contributed by atoms with Gasteiger partial charge in [0, 0.05) is 22.7 Å². The number of non-ortho nitro benzene ring substituents is 1. The number of halogens is 1. The summed E-state index contributed by atoms with van der Waals surface area (Å²) in [5.41, 5.74) is 0.572. The Labute approximate surface area is 223 Å². The monoisotopic (exact) mass is 549 g/mol. The minimum absolute atomic E-state index is 0.182. The maximum atomic E-state index is 13.4. The number of nitro benzene ring substituents is 1. The van der Waals surface area contributed by atoms with Crippen molar-refractivity contribution in [2.75, 3.05) is 18.1 Å². The average Bonchev–Trinajstić information content (AvgIpc) is 3.45. The molecule has 1 aromatic heterocycles. The zero-order valence-corrected chi connectivity index (χ0v) is 20.9. The number of benzene rings is 3. The number of aliphatic hydroxyl groups is 1. The molecule has 1 atom stereocenters. The van der Waals surface area contributed by atoms with Crippen molar-refractivity contribution in [1.82, 2.24) is 4.98 Å². The molecule has 1 N–H and O–H groups in total. The molecule has 0 aliphatic carbocycles. The van der Waals surface area contributed by atoms with Crippen LogP contribution in [0.1, 0.15) is 17.2 Å². The standard InChI is InChI=1S/C26H16ClN3O7S/c27-15-5-6-17-20(12-15)38-26(28-17)29-22(13-2-1-3-16(10-13)30(34)35)21(24(32)25(29)33)23(31)14-4-7-18-19(11-14)37-9-8-36-18/h1-7,10-12,22,31H,8-9H2/t22-/m1/s1. The third-order valence-corrected chi connectivity index (χ3v) is 7.45. The lowest BCUT2D eigenvalue weighted by molar-refractivity contribution is -0.384. The molecule has 3 heterocycles. The minimum atomic E-state index is -1.18. The normalized spacial score (nSPS) is 18.2. The summed E-state index contributed by atoms with van der Waals surface area (Å²) in [6.07, 6.45) is 0. The van der Waals surface area contributed by atoms with E-state index in [0.717, 1.165) is 16.2 Å². The van der Waals surface area contributed by atoms with Crippen LogP contribution in [0.15, 0.2) is 66.2 Å². The lowest BCUT2D eigenvalue weighted by Gasteiger charge is -2.23. The van der Waals surface area contributed by atoms with Crippen molar-refractivity contribution in [3.8, 4) is 11.5 Å². The zero-order valence-electron chi connectivity index (χ0n) is 19.3. The van der Waals surface area contributed by atoms with E-state index >= 15 is 0 Å². The number of hydrogen-bond acceptors (Lipinski definition) is 9. The first kappa shape index (κ1) is 23.9. The van der Waals surface area contributed by atoms with Gasteiger partial charge in [-0.3, -0.25) is 24.6 Å². The highest BCUT2D eigenvalue weighted by molar-refractivity contribution is 7.22. The van der Waals surface area contributed by atoms with Gasteiger partial charge in [0.05, 0.1) is 26.8 Å². The van der Waals surface area contributed by atoms with Crippen LogP contribution >= 0.6 is 22.9 Å². The fourth-order valence-corrected chi connectivity index (χ4v) is 5.76. The SMILES string of the molecule is O=C1C(=O)N(c2nc3ccc(Cl)cc3s2)[C@H](c2cccc([N+](=O)[O-])c2)C1=C(O)c1ccc2c(c1)OCCO2. The number of fused-ring (bicyclic) bond motifs is 2. The van der Waals surface area contributed by atoms with Gasteiger partial charge >= 0.3 is 5.91 Å². The van der Waals surface area contributed by atoms with E-state index < -0.39 is 28.4 Å². The number of nitrogens with zero attached hydrogens (tertiary/aromatic N) is 3. The van der Waals surface area contributed by atoms with Crippen molar-refractivity contribution in [3.05, 3.63) is 92.5 Å². The lowest BCUT2D eigenvalue weighted by Crippen LogP contribution is -2.29. The molecule has 0 bridgehead atoms. The van der Waals surface area contributed by atoms with Crippen LogP contribution in [0.25, 0.3) is 16.0 Å². The van der Waals surface area contributed by atoms with Crippen molar-refractivity contribution in [2.24, 2.45) is 0 Å².